The highest BCUT2D eigenvalue weighted by Gasteiger charge is 2.22. The molecule has 7 heteroatoms. The van der Waals surface area contributed by atoms with Crippen LogP contribution in [0.25, 0.3) is 0 Å². The van der Waals surface area contributed by atoms with Crippen LogP contribution in [-0.2, 0) is 11.3 Å². The highest BCUT2D eigenvalue weighted by molar-refractivity contribution is 9.10. The van der Waals surface area contributed by atoms with Crippen LogP contribution in [0.3, 0.4) is 0 Å². The molecule has 0 radical (unpaired) electrons. The van der Waals surface area contributed by atoms with Crippen molar-refractivity contribution in [2.24, 2.45) is 0 Å². The molecule has 0 saturated carbocycles. The minimum atomic E-state index is -0.943. The van der Waals surface area contributed by atoms with Gasteiger partial charge in [-0.2, -0.15) is 0 Å². The number of nitrogens with zero attached hydrogens (tertiary/aromatic N) is 1. The van der Waals surface area contributed by atoms with Gasteiger partial charge in [-0.3, -0.25) is 10.1 Å². The maximum Gasteiger partial charge on any atom is 0.345 e. The van der Waals surface area contributed by atoms with Crippen molar-refractivity contribution in [3.8, 4) is 0 Å². The number of carbonyl (C=O) groups excluding carboxylic acids is 1. The molecule has 0 aliphatic heterocycles. The Morgan fingerprint density at radius 1 is 1.29 bits per heavy atom. The zero-order chi connectivity index (χ0) is 15.4. The van der Waals surface area contributed by atoms with Gasteiger partial charge in [0, 0.05) is 10.5 Å². The average molecular weight is 354 g/mol. The van der Waals surface area contributed by atoms with Crippen molar-refractivity contribution < 1.29 is 18.8 Å². The van der Waals surface area contributed by atoms with Crippen molar-refractivity contribution >= 4 is 27.6 Å². The summed E-state index contributed by atoms with van der Waals surface area (Å²) in [4.78, 5) is 21.9. The first-order valence-electron chi connectivity index (χ1n) is 5.83. The van der Waals surface area contributed by atoms with Crippen LogP contribution in [0.5, 0.6) is 0 Å². The lowest BCUT2D eigenvalue weighted by Crippen LogP contribution is -2.08. The maximum atomic E-state index is 13.2. The molecule has 2 rings (SSSR count). The Morgan fingerprint density at radius 2 is 2.05 bits per heavy atom. The van der Waals surface area contributed by atoms with Gasteiger partial charge in [0.15, 0.2) is 0 Å². The zero-order valence-electron chi connectivity index (χ0n) is 10.6. The Labute approximate surface area is 127 Å². The molecular formula is C14H9BrFNO4. The summed E-state index contributed by atoms with van der Waals surface area (Å²) in [6.45, 7) is -0.0636. The van der Waals surface area contributed by atoms with Gasteiger partial charge in [-0.15, -0.1) is 0 Å². The minimum absolute atomic E-state index is 0.0636. The van der Waals surface area contributed by atoms with Gasteiger partial charge in [-0.1, -0.05) is 28.1 Å². The summed E-state index contributed by atoms with van der Waals surface area (Å²) in [5.41, 5.74) is -0.192. The SMILES string of the molecule is O=C(OCc1cccc(Br)c1)c1cc(F)ccc1[N+](=O)[O-]. The van der Waals surface area contributed by atoms with Crippen molar-refractivity contribution in [2.45, 2.75) is 6.61 Å². The normalized spacial score (nSPS) is 10.2. The third kappa shape index (κ3) is 3.85. The Bertz CT molecular complexity index is 705. The van der Waals surface area contributed by atoms with Crippen LogP contribution in [0.1, 0.15) is 15.9 Å². The fraction of sp³-hybridized carbons (Fsp3) is 0.0714. The number of nitro benzene ring substituents is 1. The lowest BCUT2D eigenvalue weighted by molar-refractivity contribution is -0.385. The summed E-state index contributed by atoms with van der Waals surface area (Å²) in [6, 6.07) is 9.70. The van der Waals surface area contributed by atoms with Crippen molar-refractivity contribution in [3.05, 3.63) is 74.0 Å². The van der Waals surface area contributed by atoms with E-state index in [0.717, 1.165) is 22.7 Å². The van der Waals surface area contributed by atoms with Gasteiger partial charge >= 0.3 is 5.97 Å². The molecule has 0 fully saturated rings. The molecule has 0 N–H and O–H groups in total. The Kier molecular flexibility index (Phi) is 4.64. The Morgan fingerprint density at radius 3 is 2.71 bits per heavy atom. The van der Waals surface area contributed by atoms with Crippen LogP contribution in [0, 0.1) is 15.9 Å². The summed E-state index contributed by atoms with van der Waals surface area (Å²) < 4.78 is 18.9. The predicted molar refractivity (Wildman–Crippen MR) is 76.3 cm³/mol. The largest absolute Gasteiger partial charge is 0.457 e. The van der Waals surface area contributed by atoms with Crippen LogP contribution >= 0.6 is 15.9 Å². The predicted octanol–water partition coefficient (Wildman–Crippen LogP) is 3.85. The zero-order valence-corrected chi connectivity index (χ0v) is 12.2. The number of esters is 1. The Hall–Kier alpha value is -2.28. The highest BCUT2D eigenvalue weighted by atomic mass is 79.9. The van der Waals surface area contributed by atoms with Gasteiger partial charge in [-0.25, -0.2) is 9.18 Å². The van der Waals surface area contributed by atoms with Gasteiger partial charge in [-0.05, 0) is 29.8 Å². The molecule has 0 atom stereocenters. The number of halogens is 2. The second-order valence-corrected chi connectivity index (χ2v) is 5.04. The first-order valence-corrected chi connectivity index (χ1v) is 6.62. The number of hydrogen-bond acceptors (Lipinski definition) is 4. The Balaban J connectivity index is 2.17. The molecule has 0 amide bonds. The van der Waals surface area contributed by atoms with E-state index in [2.05, 4.69) is 15.9 Å². The molecular weight excluding hydrogens is 345 g/mol. The van der Waals surface area contributed by atoms with E-state index in [0.29, 0.717) is 5.56 Å². The molecule has 5 nitrogen and oxygen atoms in total. The fourth-order valence-electron chi connectivity index (χ4n) is 1.68. The smallest absolute Gasteiger partial charge is 0.345 e. The number of benzene rings is 2. The van der Waals surface area contributed by atoms with Crippen molar-refractivity contribution in [1.82, 2.24) is 0 Å². The molecule has 0 spiro atoms. The number of carbonyl (C=O) groups is 1. The van der Waals surface area contributed by atoms with E-state index in [1.54, 1.807) is 18.2 Å². The molecule has 0 bridgehead atoms. The summed E-state index contributed by atoms with van der Waals surface area (Å²) in [5.74, 6) is -1.68. The molecule has 2 aromatic rings. The minimum Gasteiger partial charge on any atom is -0.457 e. The second-order valence-electron chi connectivity index (χ2n) is 4.12. The van der Waals surface area contributed by atoms with E-state index >= 15 is 0 Å². The van der Waals surface area contributed by atoms with E-state index in [1.165, 1.54) is 0 Å². The number of nitro groups is 1. The van der Waals surface area contributed by atoms with E-state index in [-0.39, 0.29) is 6.61 Å². The average Bonchev–Trinajstić information content (AvgIpc) is 2.44. The van der Waals surface area contributed by atoms with E-state index in [4.69, 9.17) is 4.74 Å². The van der Waals surface area contributed by atoms with Crippen LogP contribution < -0.4 is 0 Å². The van der Waals surface area contributed by atoms with Crippen LogP contribution in [0.4, 0.5) is 10.1 Å². The molecule has 0 heterocycles. The number of hydrogen-bond donors (Lipinski definition) is 0. The molecule has 0 saturated heterocycles. The van der Waals surface area contributed by atoms with Crippen molar-refractivity contribution in [2.75, 3.05) is 0 Å². The monoisotopic (exact) mass is 353 g/mol. The third-order valence-electron chi connectivity index (χ3n) is 2.63. The lowest BCUT2D eigenvalue weighted by atomic mass is 10.2. The maximum absolute atomic E-state index is 13.2. The topological polar surface area (TPSA) is 69.4 Å². The number of rotatable bonds is 4. The first-order chi connectivity index (χ1) is 9.97. The quantitative estimate of drug-likeness (QED) is 0.475. The van der Waals surface area contributed by atoms with Gasteiger partial charge in [0.05, 0.1) is 4.92 Å². The standard InChI is InChI=1S/C14H9BrFNO4/c15-10-3-1-2-9(6-10)8-21-14(18)12-7-11(16)4-5-13(12)17(19)20/h1-7H,8H2. The van der Waals surface area contributed by atoms with E-state index < -0.39 is 28.0 Å². The molecule has 0 aliphatic carbocycles. The molecule has 21 heavy (non-hydrogen) atoms. The highest BCUT2D eigenvalue weighted by Crippen LogP contribution is 2.21. The summed E-state index contributed by atoms with van der Waals surface area (Å²) >= 11 is 3.27. The number of ether oxygens (including phenoxy) is 1. The molecule has 108 valence electrons. The van der Waals surface area contributed by atoms with Crippen molar-refractivity contribution in [1.29, 1.82) is 0 Å². The first kappa shape index (κ1) is 15.1. The third-order valence-corrected chi connectivity index (χ3v) is 3.13. The summed E-state index contributed by atoms with van der Waals surface area (Å²) in [5, 5.41) is 10.8. The van der Waals surface area contributed by atoms with E-state index in [9.17, 15) is 19.3 Å². The van der Waals surface area contributed by atoms with Crippen LogP contribution in [-0.4, -0.2) is 10.9 Å². The van der Waals surface area contributed by atoms with Gasteiger partial charge in [0.1, 0.15) is 18.0 Å². The van der Waals surface area contributed by atoms with Gasteiger partial charge < -0.3 is 4.74 Å². The fourth-order valence-corrected chi connectivity index (χ4v) is 2.13. The van der Waals surface area contributed by atoms with Crippen LogP contribution in [0.2, 0.25) is 0 Å². The molecule has 0 unspecified atom stereocenters. The van der Waals surface area contributed by atoms with E-state index in [1.807, 2.05) is 6.07 Å². The summed E-state index contributed by atoms with van der Waals surface area (Å²) in [6.07, 6.45) is 0. The van der Waals surface area contributed by atoms with Crippen LogP contribution in [0.15, 0.2) is 46.9 Å². The lowest BCUT2D eigenvalue weighted by Gasteiger charge is -2.06. The molecule has 2 aromatic carbocycles. The van der Waals surface area contributed by atoms with Crippen molar-refractivity contribution in [3.63, 3.8) is 0 Å². The second kappa shape index (κ2) is 6.45. The van der Waals surface area contributed by atoms with Gasteiger partial charge in [0.25, 0.3) is 5.69 Å². The summed E-state index contributed by atoms with van der Waals surface area (Å²) in [7, 11) is 0. The molecule has 0 aliphatic rings. The van der Waals surface area contributed by atoms with Gasteiger partial charge in [0.2, 0.25) is 0 Å². The molecule has 0 aromatic heterocycles.